The summed E-state index contributed by atoms with van der Waals surface area (Å²) in [6, 6.07) is -0.306. The number of urea groups is 1. The van der Waals surface area contributed by atoms with Crippen molar-refractivity contribution in [3.8, 4) is 0 Å². The Kier molecular flexibility index (Phi) is 1.35. The first-order chi connectivity index (χ1) is 5.27. The zero-order chi connectivity index (χ0) is 7.84. The molecule has 0 saturated heterocycles. The number of hydrogen-bond acceptors (Lipinski definition) is 2. The van der Waals surface area contributed by atoms with E-state index in [0.717, 1.165) is 26.2 Å². The molecular formula is C7H11N3O. The SMILES string of the molecule is NC(=O)N1CC2=C(CNC2)C1. The summed E-state index contributed by atoms with van der Waals surface area (Å²) in [7, 11) is 0. The highest BCUT2D eigenvalue weighted by Gasteiger charge is 2.26. The van der Waals surface area contributed by atoms with Crippen molar-refractivity contribution in [2.45, 2.75) is 0 Å². The smallest absolute Gasteiger partial charge is 0.315 e. The summed E-state index contributed by atoms with van der Waals surface area (Å²) in [6.07, 6.45) is 0. The lowest BCUT2D eigenvalue weighted by molar-refractivity contribution is 0.218. The minimum atomic E-state index is -0.306. The van der Waals surface area contributed by atoms with E-state index in [-0.39, 0.29) is 6.03 Å². The van der Waals surface area contributed by atoms with Gasteiger partial charge < -0.3 is 16.0 Å². The van der Waals surface area contributed by atoms with Gasteiger partial charge in [-0.25, -0.2) is 4.79 Å². The molecular weight excluding hydrogens is 142 g/mol. The van der Waals surface area contributed by atoms with E-state index in [0.29, 0.717) is 0 Å². The maximum atomic E-state index is 10.7. The van der Waals surface area contributed by atoms with Crippen LogP contribution in [0.5, 0.6) is 0 Å². The Morgan fingerprint density at radius 3 is 2.36 bits per heavy atom. The highest BCUT2D eigenvalue weighted by atomic mass is 16.2. The van der Waals surface area contributed by atoms with E-state index in [1.54, 1.807) is 4.90 Å². The summed E-state index contributed by atoms with van der Waals surface area (Å²) in [5.41, 5.74) is 7.84. The van der Waals surface area contributed by atoms with E-state index in [4.69, 9.17) is 5.73 Å². The monoisotopic (exact) mass is 153 g/mol. The maximum absolute atomic E-state index is 10.7. The van der Waals surface area contributed by atoms with Crippen LogP contribution < -0.4 is 11.1 Å². The van der Waals surface area contributed by atoms with Crippen LogP contribution in [-0.4, -0.2) is 37.1 Å². The molecule has 11 heavy (non-hydrogen) atoms. The predicted octanol–water partition coefficient (Wildman–Crippen LogP) is -0.720. The van der Waals surface area contributed by atoms with Gasteiger partial charge in [0, 0.05) is 26.2 Å². The van der Waals surface area contributed by atoms with Crippen molar-refractivity contribution in [1.82, 2.24) is 10.2 Å². The molecule has 2 aliphatic heterocycles. The average Bonchev–Trinajstić information content (AvgIpc) is 2.40. The Bertz CT molecular complexity index is 218. The number of rotatable bonds is 0. The van der Waals surface area contributed by atoms with Crippen LogP contribution in [0.2, 0.25) is 0 Å². The molecule has 4 nitrogen and oxygen atoms in total. The van der Waals surface area contributed by atoms with E-state index < -0.39 is 0 Å². The first-order valence-electron chi connectivity index (χ1n) is 3.72. The first-order valence-corrected chi connectivity index (χ1v) is 3.72. The first kappa shape index (κ1) is 6.67. The standard InChI is InChI=1S/C7H11N3O/c8-7(11)10-3-5-1-9-2-6(5)4-10/h9H,1-4H2,(H2,8,11). The molecule has 0 fully saturated rings. The quantitative estimate of drug-likeness (QED) is 0.451. The fraction of sp³-hybridized carbons (Fsp3) is 0.571. The van der Waals surface area contributed by atoms with Crippen LogP contribution in [0.25, 0.3) is 0 Å². The lowest BCUT2D eigenvalue weighted by atomic mass is 10.2. The van der Waals surface area contributed by atoms with Crippen molar-refractivity contribution in [3.63, 3.8) is 0 Å². The third-order valence-electron chi connectivity index (χ3n) is 2.25. The van der Waals surface area contributed by atoms with Gasteiger partial charge in [-0.1, -0.05) is 0 Å². The second kappa shape index (κ2) is 2.23. The van der Waals surface area contributed by atoms with Crippen LogP contribution in [-0.2, 0) is 0 Å². The molecule has 2 aliphatic rings. The molecule has 0 unspecified atom stereocenters. The molecule has 2 heterocycles. The number of carbonyl (C=O) groups excluding carboxylic acids is 1. The van der Waals surface area contributed by atoms with E-state index in [9.17, 15) is 4.79 Å². The van der Waals surface area contributed by atoms with Gasteiger partial charge in [0.25, 0.3) is 0 Å². The van der Waals surface area contributed by atoms with Crippen LogP contribution in [0.1, 0.15) is 0 Å². The number of nitrogens with one attached hydrogen (secondary N) is 1. The zero-order valence-corrected chi connectivity index (χ0v) is 6.26. The van der Waals surface area contributed by atoms with E-state index >= 15 is 0 Å². The molecule has 0 saturated carbocycles. The van der Waals surface area contributed by atoms with E-state index in [1.165, 1.54) is 11.1 Å². The highest BCUT2D eigenvalue weighted by molar-refractivity contribution is 5.73. The Morgan fingerprint density at radius 1 is 1.36 bits per heavy atom. The summed E-state index contributed by atoms with van der Waals surface area (Å²) in [4.78, 5) is 12.4. The van der Waals surface area contributed by atoms with Crippen LogP contribution >= 0.6 is 0 Å². The van der Waals surface area contributed by atoms with E-state index in [1.807, 2.05) is 0 Å². The summed E-state index contributed by atoms with van der Waals surface area (Å²) >= 11 is 0. The third kappa shape index (κ3) is 0.991. The van der Waals surface area contributed by atoms with Crippen molar-refractivity contribution in [2.75, 3.05) is 26.2 Å². The molecule has 0 bridgehead atoms. The van der Waals surface area contributed by atoms with Crippen molar-refractivity contribution in [1.29, 1.82) is 0 Å². The summed E-state index contributed by atoms with van der Waals surface area (Å²) in [6.45, 7) is 3.33. The van der Waals surface area contributed by atoms with Gasteiger partial charge in [0.1, 0.15) is 0 Å². The summed E-state index contributed by atoms with van der Waals surface area (Å²) < 4.78 is 0. The van der Waals surface area contributed by atoms with Crippen LogP contribution in [0.3, 0.4) is 0 Å². The number of hydrogen-bond donors (Lipinski definition) is 2. The predicted molar refractivity (Wildman–Crippen MR) is 41.1 cm³/mol. The maximum Gasteiger partial charge on any atom is 0.315 e. The normalized spacial score (nSPS) is 22.7. The number of carbonyl (C=O) groups is 1. The Labute approximate surface area is 65.0 Å². The number of primary amides is 1. The van der Waals surface area contributed by atoms with Crippen LogP contribution in [0, 0.1) is 0 Å². The zero-order valence-electron chi connectivity index (χ0n) is 6.26. The molecule has 3 N–H and O–H groups in total. The van der Waals surface area contributed by atoms with Crippen molar-refractivity contribution in [2.24, 2.45) is 5.73 Å². The molecule has 0 aromatic rings. The number of nitrogens with two attached hydrogens (primary N) is 1. The molecule has 2 rings (SSSR count). The fourth-order valence-corrected chi connectivity index (χ4v) is 1.62. The van der Waals surface area contributed by atoms with Crippen molar-refractivity contribution in [3.05, 3.63) is 11.1 Å². The Hall–Kier alpha value is -1.03. The van der Waals surface area contributed by atoms with Gasteiger partial charge in [-0.2, -0.15) is 0 Å². The lowest BCUT2D eigenvalue weighted by Gasteiger charge is -2.14. The summed E-state index contributed by atoms with van der Waals surface area (Å²) in [5.74, 6) is 0. The van der Waals surface area contributed by atoms with Gasteiger partial charge in [-0.3, -0.25) is 0 Å². The second-order valence-electron chi connectivity index (χ2n) is 3.00. The Balaban J connectivity index is 2.06. The largest absolute Gasteiger partial charge is 0.351 e. The van der Waals surface area contributed by atoms with Gasteiger partial charge in [-0.05, 0) is 11.1 Å². The summed E-state index contributed by atoms with van der Waals surface area (Å²) in [5, 5.41) is 3.23. The molecule has 0 spiro atoms. The van der Waals surface area contributed by atoms with Gasteiger partial charge >= 0.3 is 6.03 Å². The highest BCUT2D eigenvalue weighted by Crippen LogP contribution is 2.19. The second-order valence-corrected chi connectivity index (χ2v) is 3.00. The molecule has 0 aromatic carbocycles. The molecule has 0 aromatic heterocycles. The molecule has 0 atom stereocenters. The molecule has 4 heteroatoms. The van der Waals surface area contributed by atoms with E-state index in [2.05, 4.69) is 5.32 Å². The molecule has 0 aliphatic carbocycles. The third-order valence-corrected chi connectivity index (χ3v) is 2.25. The van der Waals surface area contributed by atoms with Gasteiger partial charge in [0.05, 0.1) is 0 Å². The topological polar surface area (TPSA) is 58.4 Å². The van der Waals surface area contributed by atoms with Crippen LogP contribution in [0.4, 0.5) is 4.79 Å². The van der Waals surface area contributed by atoms with Gasteiger partial charge in [-0.15, -0.1) is 0 Å². The van der Waals surface area contributed by atoms with Crippen LogP contribution in [0.15, 0.2) is 11.1 Å². The van der Waals surface area contributed by atoms with Gasteiger partial charge in [0.2, 0.25) is 0 Å². The molecule has 60 valence electrons. The van der Waals surface area contributed by atoms with Gasteiger partial charge in [0.15, 0.2) is 0 Å². The van der Waals surface area contributed by atoms with Crippen molar-refractivity contribution >= 4 is 6.03 Å². The minimum absolute atomic E-state index is 0.306. The minimum Gasteiger partial charge on any atom is -0.351 e. The molecule has 2 amide bonds. The average molecular weight is 153 g/mol. The lowest BCUT2D eigenvalue weighted by Crippen LogP contribution is -2.36. The number of nitrogens with zero attached hydrogens (tertiary/aromatic N) is 1. The number of amides is 2. The van der Waals surface area contributed by atoms with Crippen molar-refractivity contribution < 1.29 is 4.79 Å². The Morgan fingerprint density at radius 2 is 1.91 bits per heavy atom. The molecule has 0 radical (unpaired) electrons. The fourth-order valence-electron chi connectivity index (χ4n) is 1.62.